The molecule has 0 bridgehead atoms. The van der Waals surface area contributed by atoms with Crippen LogP contribution >= 0.6 is 0 Å². The van der Waals surface area contributed by atoms with E-state index in [9.17, 15) is 9.59 Å². The molecule has 2 rings (SSSR count). The number of carbonyl (C=O) groups is 2. The molecule has 2 aliphatic carbocycles. The minimum Gasteiger partial charge on any atom is -0.469 e. The van der Waals surface area contributed by atoms with Crippen LogP contribution in [0.1, 0.15) is 38.5 Å². The summed E-state index contributed by atoms with van der Waals surface area (Å²) in [4.78, 5) is 22.5. The van der Waals surface area contributed by atoms with Gasteiger partial charge in [-0.2, -0.15) is 0 Å². The Morgan fingerprint density at radius 2 is 1.75 bits per heavy atom. The summed E-state index contributed by atoms with van der Waals surface area (Å²) in [6.45, 7) is 0. The molecule has 4 heteroatoms. The van der Waals surface area contributed by atoms with Crippen LogP contribution in [-0.2, 0) is 14.3 Å². The minimum absolute atomic E-state index is 0.00537. The summed E-state index contributed by atoms with van der Waals surface area (Å²) in [6.07, 6.45) is 5.43. The topological polar surface area (TPSA) is 55.4 Å². The second-order valence-electron chi connectivity index (χ2n) is 4.84. The highest BCUT2D eigenvalue weighted by molar-refractivity contribution is 5.81. The van der Waals surface area contributed by atoms with Gasteiger partial charge in [0, 0.05) is 12.5 Å². The number of ether oxygens (including phenoxy) is 1. The van der Waals surface area contributed by atoms with E-state index in [1.807, 2.05) is 0 Å². The smallest absolute Gasteiger partial charge is 0.306 e. The Balaban J connectivity index is 1.70. The molecule has 16 heavy (non-hydrogen) atoms. The monoisotopic (exact) mass is 225 g/mol. The predicted molar refractivity (Wildman–Crippen MR) is 58.6 cm³/mol. The van der Waals surface area contributed by atoms with Crippen molar-refractivity contribution >= 4 is 11.9 Å². The third kappa shape index (κ3) is 3.22. The van der Waals surface area contributed by atoms with Crippen LogP contribution in [0, 0.1) is 11.8 Å². The zero-order valence-electron chi connectivity index (χ0n) is 9.70. The van der Waals surface area contributed by atoms with E-state index in [0.717, 1.165) is 0 Å². The maximum atomic E-state index is 11.6. The molecular weight excluding hydrogens is 206 g/mol. The molecule has 2 aliphatic rings. The number of amides is 1. The van der Waals surface area contributed by atoms with Crippen molar-refractivity contribution in [3.05, 3.63) is 0 Å². The molecule has 1 amide bonds. The fraction of sp³-hybridized carbons (Fsp3) is 0.833. The third-order valence-corrected chi connectivity index (χ3v) is 3.37. The van der Waals surface area contributed by atoms with Gasteiger partial charge < -0.3 is 10.1 Å². The van der Waals surface area contributed by atoms with Gasteiger partial charge in [0.25, 0.3) is 0 Å². The number of hydrogen-bond acceptors (Lipinski definition) is 3. The van der Waals surface area contributed by atoms with Crippen molar-refractivity contribution in [2.75, 3.05) is 7.11 Å². The number of hydrogen-bond donors (Lipinski definition) is 1. The molecular formula is C12H19NO3. The number of methoxy groups -OCH3 is 1. The quantitative estimate of drug-likeness (QED) is 0.692. The van der Waals surface area contributed by atoms with Crippen molar-refractivity contribution in [3.63, 3.8) is 0 Å². The highest BCUT2D eigenvalue weighted by Gasteiger charge is 2.42. The number of rotatable bonds is 6. The molecule has 0 unspecified atom stereocenters. The van der Waals surface area contributed by atoms with Gasteiger partial charge in [0.05, 0.1) is 13.5 Å². The summed E-state index contributed by atoms with van der Waals surface area (Å²) in [5.74, 6) is 1.09. The molecule has 90 valence electrons. The van der Waals surface area contributed by atoms with Crippen LogP contribution in [0.5, 0.6) is 0 Å². The average molecular weight is 225 g/mol. The highest BCUT2D eigenvalue weighted by Crippen LogP contribution is 2.44. The van der Waals surface area contributed by atoms with Crippen LogP contribution in [0.3, 0.4) is 0 Å². The molecule has 0 aromatic heterocycles. The average Bonchev–Trinajstić information content (AvgIpc) is 3.15. The van der Waals surface area contributed by atoms with Gasteiger partial charge in [0.1, 0.15) is 0 Å². The Kier molecular flexibility index (Phi) is 3.46. The molecule has 2 fully saturated rings. The molecule has 4 nitrogen and oxygen atoms in total. The van der Waals surface area contributed by atoms with E-state index >= 15 is 0 Å². The highest BCUT2D eigenvalue weighted by atomic mass is 16.5. The number of carbonyl (C=O) groups excluding carboxylic acids is 2. The Morgan fingerprint density at radius 1 is 1.19 bits per heavy atom. The van der Waals surface area contributed by atoms with Crippen LogP contribution in [0.25, 0.3) is 0 Å². The van der Waals surface area contributed by atoms with Gasteiger partial charge in [0.15, 0.2) is 0 Å². The van der Waals surface area contributed by atoms with E-state index in [4.69, 9.17) is 0 Å². The summed E-state index contributed by atoms with van der Waals surface area (Å²) in [5, 5.41) is 3.07. The van der Waals surface area contributed by atoms with E-state index in [0.29, 0.717) is 17.9 Å². The standard InChI is InChI=1S/C12H19NO3/c1-16-11(15)7-6-10(14)13-12(8-2-3-8)9-4-5-9/h8-9,12H,2-7H2,1H3,(H,13,14). The first-order valence-corrected chi connectivity index (χ1v) is 6.07. The molecule has 0 aliphatic heterocycles. The van der Waals surface area contributed by atoms with E-state index in [2.05, 4.69) is 10.1 Å². The van der Waals surface area contributed by atoms with Crippen molar-refractivity contribution in [3.8, 4) is 0 Å². The fourth-order valence-electron chi connectivity index (χ4n) is 2.11. The van der Waals surface area contributed by atoms with E-state index in [-0.39, 0.29) is 24.7 Å². The van der Waals surface area contributed by atoms with Crippen molar-refractivity contribution in [2.24, 2.45) is 11.8 Å². The van der Waals surface area contributed by atoms with Gasteiger partial charge >= 0.3 is 5.97 Å². The van der Waals surface area contributed by atoms with Crippen LogP contribution in [0.2, 0.25) is 0 Å². The first kappa shape index (κ1) is 11.4. The van der Waals surface area contributed by atoms with Gasteiger partial charge in [0.2, 0.25) is 5.91 Å². The van der Waals surface area contributed by atoms with Crippen molar-refractivity contribution < 1.29 is 14.3 Å². The summed E-state index contributed by atoms with van der Waals surface area (Å²) < 4.78 is 4.51. The Bertz CT molecular complexity index is 270. The lowest BCUT2D eigenvalue weighted by atomic mass is 10.1. The fourth-order valence-corrected chi connectivity index (χ4v) is 2.11. The van der Waals surface area contributed by atoms with E-state index < -0.39 is 0 Å². The third-order valence-electron chi connectivity index (χ3n) is 3.37. The molecule has 0 atom stereocenters. The van der Waals surface area contributed by atoms with Crippen LogP contribution in [0.4, 0.5) is 0 Å². The molecule has 0 heterocycles. The molecule has 0 spiro atoms. The lowest BCUT2D eigenvalue weighted by Gasteiger charge is -2.17. The molecule has 0 saturated heterocycles. The van der Waals surface area contributed by atoms with Gasteiger partial charge in [-0.3, -0.25) is 9.59 Å². The zero-order valence-corrected chi connectivity index (χ0v) is 9.70. The first-order chi connectivity index (χ1) is 7.70. The SMILES string of the molecule is COC(=O)CCC(=O)NC(C1CC1)C1CC1. The summed E-state index contributed by atoms with van der Waals surface area (Å²) >= 11 is 0. The summed E-state index contributed by atoms with van der Waals surface area (Å²) in [6, 6.07) is 0.380. The van der Waals surface area contributed by atoms with Crippen molar-refractivity contribution in [1.29, 1.82) is 0 Å². The van der Waals surface area contributed by atoms with Gasteiger partial charge in [-0.15, -0.1) is 0 Å². The Hall–Kier alpha value is -1.06. The molecule has 2 saturated carbocycles. The summed E-state index contributed by atoms with van der Waals surface area (Å²) in [5.41, 5.74) is 0. The molecule has 0 aromatic carbocycles. The van der Waals surface area contributed by atoms with Crippen LogP contribution in [-0.4, -0.2) is 25.0 Å². The first-order valence-electron chi connectivity index (χ1n) is 6.07. The number of esters is 1. The molecule has 0 radical (unpaired) electrons. The second-order valence-corrected chi connectivity index (χ2v) is 4.84. The zero-order chi connectivity index (χ0) is 11.5. The predicted octanol–water partition coefficient (Wildman–Crippen LogP) is 1.24. The maximum absolute atomic E-state index is 11.6. The lowest BCUT2D eigenvalue weighted by Crippen LogP contribution is -2.38. The Morgan fingerprint density at radius 3 is 2.19 bits per heavy atom. The van der Waals surface area contributed by atoms with Crippen molar-refractivity contribution in [2.45, 2.75) is 44.6 Å². The normalized spacial score (nSPS) is 19.6. The van der Waals surface area contributed by atoms with E-state index in [1.165, 1.54) is 32.8 Å². The minimum atomic E-state index is -0.315. The lowest BCUT2D eigenvalue weighted by molar-refractivity contribution is -0.142. The second kappa shape index (κ2) is 4.85. The van der Waals surface area contributed by atoms with Gasteiger partial charge in [-0.1, -0.05) is 0 Å². The van der Waals surface area contributed by atoms with Gasteiger partial charge in [-0.25, -0.2) is 0 Å². The molecule has 1 N–H and O–H groups in total. The van der Waals surface area contributed by atoms with Crippen LogP contribution in [0.15, 0.2) is 0 Å². The summed E-state index contributed by atoms with van der Waals surface area (Å²) in [7, 11) is 1.34. The molecule has 0 aromatic rings. The maximum Gasteiger partial charge on any atom is 0.306 e. The van der Waals surface area contributed by atoms with Crippen molar-refractivity contribution in [1.82, 2.24) is 5.32 Å². The van der Waals surface area contributed by atoms with Crippen LogP contribution < -0.4 is 5.32 Å². The van der Waals surface area contributed by atoms with E-state index in [1.54, 1.807) is 0 Å². The van der Waals surface area contributed by atoms with Gasteiger partial charge in [-0.05, 0) is 37.5 Å². The number of nitrogens with one attached hydrogen (secondary N) is 1. The Labute approximate surface area is 95.7 Å². The largest absolute Gasteiger partial charge is 0.469 e.